The summed E-state index contributed by atoms with van der Waals surface area (Å²) in [6.07, 6.45) is -4.82. The van der Waals surface area contributed by atoms with Crippen molar-refractivity contribution in [3.63, 3.8) is 0 Å². The lowest BCUT2D eigenvalue weighted by molar-refractivity contribution is -0.137. The third-order valence-electron chi connectivity index (χ3n) is 8.77. The van der Waals surface area contributed by atoms with Gasteiger partial charge in [-0.1, -0.05) is 54.6 Å². The number of hydrogen-bond donors (Lipinski definition) is 0. The smallest absolute Gasteiger partial charge is 0.309 e. The molecule has 8 heteroatoms. The predicted molar refractivity (Wildman–Crippen MR) is 181 cm³/mol. The van der Waals surface area contributed by atoms with Crippen LogP contribution in [0, 0.1) is 29.2 Å². The summed E-state index contributed by atoms with van der Waals surface area (Å²) in [5.41, 5.74) is 3.28. The van der Waals surface area contributed by atoms with E-state index < -0.39 is 11.7 Å². The van der Waals surface area contributed by atoms with Gasteiger partial charge in [0, 0.05) is 16.2 Å². The summed E-state index contributed by atoms with van der Waals surface area (Å²) in [4.78, 5) is 3.57. The second-order valence-corrected chi connectivity index (χ2v) is 11.4. The normalized spacial score (nSPS) is 11.6. The van der Waals surface area contributed by atoms with Gasteiger partial charge >= 0.3 is 6.18 Å². The van der Waals surface area contributed by atoms with Crippen LogP contribution < -0.4 is 0 Å². The summed E-state index contributed by atoms with van der Waals surface area (Å²) < 4.78 is 50.7. The number of halogens is 3. The fourth-order valence-corrected chi connectivity index (χ4v) is 6.78. The molecule has 0 aliphatic rings. The highest BCUT2D eigenvalue weighted by molar-refractivity contribution is 6.12. The summed E-state index contributed by atoms with van der Waals surface area (Å²) in [6.45, 7) is 7.56. The van der Waals surface area contributed by atoms with Gasteiger partial charge in [0.05, 0.1) is 63.3 Å². The van der Waals surface area contributed by atoms with Gasteiger partial charge in [-0.15, -0.1) is 0 Å². The number of hydrogen-bond acceptors (Lipinski definition) is 2. The first-order valence-electron chi connectivity index (χ1n) is 14.9. The number of rotatable bonds is 3. The van der Waals surface area contributed by atoms with Gasteiger partial charge in [-0.3, -0.25) is 0 Å². The molecule has 226 valence electrons. The molecule has 0 spiro atoms. The highest BCUT2D eigenvalue weighted by Crippen LogP contribution is 2.46. The molecule has 0 amide bonds. The van der Waals surface area contributed by atoms with Gasteiger partial charge in [-0.05, 0) is 83.2 Å². The topological polar surface area (TPSA) is 61.8 Å². The minimum Gasteiger partial charge on any atom is -0.309 e. The SMILES string of the molecule is [C-]#[N+]c1ccc2c(c1)c1ccccc1n2-c1cc(-c2cccc(C#N)c2)cc(-n2c3ccccc3c3cc(C#N)ccc32)c1C(F)(F)F. The van der Waals surface area contributed by atoms with Crippen LogP contribution in [-0.4, -0.2) is 9.13 Å². The Hall–Kier alpha value is -6.82. The third-order valence-corrected chi connectivity index (χ3v) is 8.77. The lowest BCUT2D eigenvalue weighted by Gasteiger charge is -2.23. The van der Waals surface area contributed by atoms with Crippen molar-refractivity contribution in [3.8, 4) is 34.6 Å². The molecule has 0 bridgehead atoms. The number of aromatic nitrogens is 2. The van der Waals surface area contributed by atoms with Gasteiger partial charge in [-0.2, -0.15) is 23.7 Å². The Morgan fingerprint density at radius 2 is 1.08 bits per heavy atom. The average Bonchev–Trinajstić information content (AvgIpc) is 3.62. The molecule has 0 fully saturated rings. The van der Waals surface area contributed by atoms with Crippen molar-refractivity contribution in [1.82, 2.24) is 9.13 Å². The largest absolute Gasteiger partial charge is 0.420 e. The monoisotopic (exact) mass is 627 g/mol. The number of para-hydroxylation sites is 2. The quantitative estimate of drug-likeness (QED) is 0.183. The van der Waals surface area contributed by atoms with Crippen molar-refractivity contribution >= 4 is 49.3 Å². The zero-order valence-electron chi connectivity index (χ0n) is 24.9. The van der Waals surface area contributed by atoms with E-state index in [9.17, 15) is 10.5 Å². The molecule has 48 heavy (non-hydrogen) atoms. The summed E-state index contributed by atoms with van der Waals surface area (Å²) in [5.74, 6) is 0. The molecule has 0 saturated heterocycles. The highest BCUT2D eigenvalue weighted by Gasteiger charge is 2.39. The van der Waals surface area contributed by atoms with Crippen LogP contribution in [-0.2, 0) is 6.18 Å². The van der Waals surface area contributed by atoms with Crippen LogP contribution in [0.3, 0.4) is 0 Å². The van der Waals surface area contributed by atoms with Crippen LogP contribution in [0.5, 0.6) is 0 Å². The Kier molecular flexibility index (Phi) is 6.34. The maximum atomic E-state index is 15.8. The molecule has 0 aliphatic heterocycles. The minimum atomic E-state index is -4.82. The summed E-state index contributed by atoms with van der Waals surface area (Å²) >= 11 is 0. The first-order valence-corrected chi connectivity index (χ1v) is 14.9. The van der Waals surface area contributed by atoms with Crippen molar-refractivity contribution in [2.75, 3.05) is 0 Å². The van der Waals surface area contributed by atoms with E-state index in [4.69, 9.17) is 6.57 Å². The van der Waals surface area contributed by atoms with Crippen molar-refractivity contribution in [1.29, 1.82) is 10.5 Å². The van der Waals surface area contributed by atoms with Crippen molar-refractivity contribution < 1.29 is 13.2 Å². The van der Waals surface area contributed by atoms with E-state index in [0.29, 0.717) is 71.6 Å². The highest BCUT2D eigenvalue weighted by atomic mass is 19.4. The molecule has 5 nitrogen and oxygen atoms in total. The van der Waals surface area contributed by atoms with Crippen LogP contribution in [0.1, 0.15) is 16.7 Å². The van der Waals surface area contributed by atoms with Gasteiger partial charge in [0.1, 0.15) is 5.56 Å². The average molecular weight is 628 g/mol. The second-order valence-electron chi connectivity index (χ2n) is 11.4. The Balaban J connectivity index is 1.60. The zero-order valence-corrected chi connectivity index (χ0v) is 24.9. The van der Waals surface area contributed by atoms with Crippen molar-refractivity contribution in [2.24, 2.45) is 0 Å². The van der Waals surface area contributed by atoms with E-state index in [1.165, 1.54) is 12.1 Å². The Bertz CT molecular complexity index is 2610. The lowest BCUT2D eigenvalue weighted by Crippen LogP contribution is -2.16. The van der Waals surface area contributed by atoms with Gasteiger partial charge < -0.3 is 9.13 Å². The molecule has 2 aromatic heterocycles. The Morgan fingerprint density at radius 3 is 1.67 bits per heavy atom. The van der Waals surface area contributed by atoms with Crippen LogP contribution in [0.25, 0.3) is 71.0 Å². The Labute approximate surface area is 272 Å². The maximum absolute atomic E-state index is 15.8. The maximum Gasteiger partial charge on any atom is 0.420 e. The van der Waals surface area contributed by atoms with Crippen LogP contribution in [0.2, 0.25) is 0 Å². The van der Waals surface area contributed by atoms with Crippen LogP contribution in [0.4, 0.5) is 18.9 Å². The number of nitrogens with zero attached hydrogens (tertiary/aromatic N) is 5. The molecule has 8 aromatic rings. The molecule has 2 heterocycles. The van der Waals surface area contributed by atoms with E-state index in [1.807, 2.05) is 24.3 Å². The molecule has 0 saturated carbocycles. The predicted octanol–water partition coefficient (Wildman–Crippen LogP) is 10.9. The van der Waals surface area contributed by atoms with Gasteiger partial charge in [0.25, 0.3) is 0 Å². The molecule has 8 rings (SSSR count). The first kappa shape index (κ1) is 28.6. The molecule has 0 unspecified atom stereocenters. The van der Waals surface area contributed by atoms with E-state index in [-0.39, 0.29) is 11.4 Å². The molecule has 0 radical (unpaired) electrons. The minimum absolute atomic E-state index is 0.0984. The molecular weight excluding hydrogens is 607 g/mol. The first-order chi connectivity index (χ1) is 23.3. The summed E-state index contributed by atoms with van der Waals surface area (Å²) in [5, 5.41) is 22.1. The number of fused-ring (bicyclic) bond motifs is 6. The molecule has 0 atom stereocenters. The molecular formula is C40H20F3N5. The van der Waals surface area contributed by atoms with E-state index in [0.717, 1.165) is 0 Å². The fourth-order valence-electron chi connectivity index (χ4n) is 6.78. The van der Waals surface area contributed by atoms with E-state index in [2.05, 4.69) is 17.0 Å². The van der Waals surface area contributed by atoms with Crippen LogP contribution >= 0.6 is 0 Å². The lowest BCUT2D eigenvalue weighted by atomic mass is 9.98. The van der Waals surface area contributed by atoms with Crippen LogP contribution in [0.15, 0.2) is 121 Å². The molecule has 0 N–H and O–H groups in total. The summed E-state index contributed by atoms with van der Waals surface area (Å²) in [7, 11) is 0. The van der Waals surface area contributed by atoms with Gasteiger partial charge in [-0.25, -0.2) is 4.85 Å². The number of benzene rings is 6. The van der Waals surface area contributed by atoms with E-state index >= 15 is 13.2 Å². The Morgan fingerprint density at radius 1 is 0.542 bits per heavy atom. The van der Waals surface area contributed by atoms with Crippen molar-refractivity contribution in [3.05, 3.63) is 149 Å². The van der Waals surface area contributed by atoms with Gasteiger partial charge in [0.15, 0.2) is 5.69 Å². The summed E-state index contributed by atoms with van der Waals surface area (Å²) in [6, 6.07) is 38.5. The van der Waals surface area contributed by atoms with Gasteiger partial charge in [0.2, 0.25) is 0 Å². The van der Waals surface area contributed by atoms with E-state index in [1.54, 1.807) is 94.1 Å². The fraction of sp³-hybridized carbons (Fsp3) is 0.0250. The van der Waals surface area contributed by atoms with Crippen molar-refractivity contribution in [2.45, 2.75) is 6.18 Å². The standard InChI is InChI=1S/C40H20F3N5/c1-46-28-14-16-36-32(21-28)30-10-3-5-12-34(30)48(36)38-20-27(26-8-6-7-24(17-26)22-44)19-37(39(38)40(41,42)43)47-33-11-4-2-9-29(33)31-18-25(23-45)13-15-35(31)47/h2-21H. The molecule has 6 aromatic carbocycles. The molecule has 0 aliphatic carbocycles. The number of nitriles is 2. The third kappa shape index (κ3) is 4.31. The zero-order chi connectivity index (χ0) is 33.2. The second kappa shape index (κ2) is 10.6. The number of alkyl halides is 3.